The molecule has 2 N–H and O–H groups in total. The molecule has 9 heteroatoms. The van der Waals surface area contributed by atoms with E-state index in [0.29, 0.717) is 6.42 Å². The minimum Gasteiger partial charge on any atom is -0.409 e. The highest BCUT2D eigenvalue weighted by Crippen LogP contribution is 2.46. The molecule has 1 unspecified atom stereocenters. The number of alkyl halides is 4. The maximum atomic E-state index is 13.8. The Labute approximate surface area is 152 Å². The van der Waals surface area contributed by atoms with Gasteiger partial charge in [-0.1, -0.05) is 37.3 Å². The van der Waals surface area contributed by atoms with Gasteiger partial charge in [0.25, 0.3) is 0 Å². The summed E-state index contributed by atoms with van der Waals surface area (Å²) in [4.78, 5) is 12.2. The number of carbonyl (C=O) groups is 1. The Morgan fingerprint density at radius 1 is 1.11 bits per heavy atom. The number of hydrogen-bond donors (Lipinski definition) is 2. The van der Waals surface area contributed by atoms with Crippen LogP contribution in [0.4, 0.5) is 28.0 Å². The van der Waals surface area contributed by atoms with Crippen LogP contribution in [0.2, 0.25) is 0 Å². The van der Waals surface area contributed by atoms with E-state index in [0.717, 1.165) is 17.7 Å². The molecule has 1 aliphatic heterocycles. The Bertz CT molecular complexity index is 831. The average Bonchev–Trinajstić information content (AvgIpc) is 2.59. The van der Waals surface area contributed by atoms with Crippen LogP contribution < -0.4 is 15.4 Å². The third kappa shape index (κ3) is 4.30. The summed E-state index contributed by atoms with van der Waals surface area (Å²) in [6.07, 6.45) is -8.09. The fourth-order valence-corrected chi connectivity index (χ4v) is 2.71. The third-order valence-corrected chi connectivity index (χ3v) is 3.94. The van der Waals surface area contributed by atoms with E-state index in [9.17, 15) is 22.4 Å². The molecule has 5 nitrogen and oxygen atoms in total. The predicted molar refractivity (Wildman–Crippen MR) is 88.6 cm³/mol. The Kier molecular flexibility index (Phi) is 4.97. The molecule has 0 fully saturated rings. The SMILES string of the molecule is CCC(NC(=O)Nc1ccc2c(c1)C(F)(F)OC(F)(F)O2)c1ccccc1. The van der Waals surface area contributed by atoms with Crippen LogP contribution in [0.5, 0.6) is 5.75 Å². The highest BCUT2D eigenvalue weighted by atomic mass is 19.3. The zero-order valence-corrected chi connectivity index (χ0v) is 14.1. The molecule has 3 rings (SSSR count). The van der Waals surface area contributed by atoms with Gasteiger partial charge in [0.1, 0.15) is 5.75 Å². The normalized spacial score (nSPS) is 18.0. The average molecular weight is 384 g/mol. The number of fused-ring (bicyclic) bond motifs is 1. The molecule has 2 aromatic rings. The molecule has 0 saturated heterocycles. The van der Waals surface area contributed by atoms with Crippen molar-refractivity contribution in [2.24, 2.45) is 0 Å². The van der Waals surface area contributed by atoms with Crippen LogP contribution in [-0.2, 0) is 10.8 Å². The van der Waals surface area contributed by atoms with Crippen LogP contribution >= 0.6 is 0 Å². The number of hydrogen-bond acceptors (Lipinski definition) is 3. The number of amides is 2. The van der Waals surface area contributed by atoms with Crippen LogP contribution in [-0.4, -0.2) is 12.3 Å². The summed E-state index contributed by atoms with van der Waals surface area (Å²) in [6, 6.07) is 11.2. The molecule has 1 aliphatic rings. The summed E-state index contributed by atoms with van der Waals surface area (Å²) < 4.78 is 61.1. The largest absolute Gasteiger partial charge is 0.540 e. The first-order chi connectivity index (χ1) is 12.7. The van der Waals surface area contributed by atoms with Gasteiger partial charge in [-0.2, -0.15) is 8.78 Å². The van der Waals surface area contributed by atoms with Gasteiger partial charge >= 0.3 is 18.4 Å². The molecule has 1 atom stereocenters. The molecule has 0 aromatic heterocycles. The number of halogens is 4. The van der Waals surface area contributed by atoms with E-state index < -0.39 is 29.7 Å². The van der Waals surface area contributed by atoms with Crippen molar-refractivity contribution in [2.75, 3.05) is 5.32 Å². The number of benzene rings is 2. The molecular formula is C18H16F4N2O3. The van der Waals surface area contributed by atoms with Crippen molar-refractivity contribution in [2.45, 2.75) is 31.8 Å². The van der Waals surface area contributed by atoms with Gasteiger partial charge in [0.2, 0.25) is 0 Å². The smallest absolute Gasteiger partial charge is 0.409 e. The fraction of sp³-hybridized carbons (Fsp3) is 0.278. The topological polar surface area (TPSA) is 59.6 Å². The van der Waals surface area contributed by atoms with E-state index >= 15 is 0 Å². The van der Waals surface area contributed by atoms with Gasteiger partial charge in [0, 0.05) is 5.69 Å². The van der Waals surface area contributed by atoms with Crippen LogP contribution in [0, 0.1) is 0 Å². The number of carbonyl (C=O) groups excluding carboxylic acids is 1. The number of anilines is 1. The second kappa shape index (κ2) is 7.07. The molecule has 0 spiro atoms. The molecule has 2 aromatic carbocycles. The Balaban J connectivity index is 1.74. The molecule has 0 radical (unpaired) electrons. The van der Waals surface area contributed by atoms with Crippen LogP contribution in [0.3, 0.4) is 0 Å². The van der Waals surface area contributed by atoms with Gasteiger partial charge in [-0.3, -0.25) is 0 Å². The van der Waals surface area contributed by atoms with Gasteiger partial charge in [0.15, 0.2) is 0 Å². The van der Waals surface area contributed by atoms with Crippen molar-refractivity contribution in [3.8, 4) is 5.75 Å². The fourth-order valence-electron chi connectivity index (χ4n) is 2.71. The van der Waals surface area contributed by atoms with E-state index in [4.69, 9.17) is 0 Å². The molecular weight excluding hydrogens is 368 g/mol. The number of urea groups is 1. The summed E-state index contributed by atoms with van der Waals surface area (Å²) in [5, 5.41) is 5.13. The maximum absolute atomic E-state index is 13.8. The van der Waals surface area contributed by atoms with Crippen LogP contribution in [0.25, 0.3) is 0 Å². The third-order valence-electron chi connectivity index (χ3n) is 3.94. The standard InChI is InChI=1S/C18H16F4N2O3/c1-2-14(11-6-4-3-5-7-11)24-16(25)23-12-8-9-15-13(10-12)17(19,20)27-18(21,22)26-15/h3-10,14H,2H2,1H3,(H2,23,24,25). The van der Waals surface area contributed by atoms with Crippen molar-refractivity contribution in [3.05, 3.63) is 59.7 Å². The molecule has 0 aliphatic carbocycles. The number of ether oxygens (including phenoxy) is 2. The van der Waals surface area contributed by atoms with Gasteiger partial charge in [-0.05, 0) is 30.2 Å². The van der Waals surface area contributed by atoms with Crippen molar-refractivity contribution in [1.29, 1.82) is 0 Å². The van der Waals surface area contributed by atoms with E-state index in [2.05, 4.69) is 20.1 Å². The Morgan fingerprint density at radius 2 is 1.81 bits per heavy atom. The van der Waals surface area contributed by atoms with E-state index in [1.54, 1.807) is 0 Å². The van der Waals surface area contributed by atoms with Crippen molar-refractivity contribution < 1.29 is 31.8 Å². The quantitative estimate of drug-likeness (QED) is 0.732. The summed E-state index contributed by atoms with van der Waals surface area (Å²) >= 11 is 0. The van der Waals surface area contributed by atoms with Crippen molar-refractivity contribution >= 4 is 11.7 Å². The van der Waals surface area contributed by atoms with E-state index in [1.165, 1.54) is 6.07 Å². The lowest BCUT2D eigenvalue weighted by atomic mass is 10.1. The van der Waals surface area contributed by atoms with Gasteiger partial charge < -0.3 is 15.4 Å². The minimum atomic E-state index is -4.44. The molecule has 1 heterocycles. The monoisotopic (exact) mass is 384 g/mol. The summed E-state index contributed by atoms with van der Waals surface area (Å²) in [5.41, 5.74) is -0.0382. The van der Waals surface area contributed by atoms with Crippen molar-refractivity contribution in [3.63, 3.8) is 0 Å². The molecule has 0 saturated carbocycles. The highest BCUT2D eigenvalue weighted by Gasteiger charge is 2.54. The first-order valence-electron chi connectivity index (χ1n) is 8.12. The van der Waals surface area contributed by atoms with Crippen LogP contribution in [0.15, 0.2) is 48.5 Å². The zero-order valence-electron chi connectivity index (χ0n) is 14.1. The number of rotatable bonds is 4. The second-order valence-electron chi connectivity index (χ2n) is 5.87. The molecule has 144 valence electrons. The second-order valence-corrected chi connectivity index (χ2v) is 5.87. The summed E-state index contributed by atoms with van der Waals surface area (Å²) in [7, 11) is 0. The molecule has 2 amide bonds. The predicted octanol–water partition coefficient (Wildman–Crippen LogP) is 4.97. The van der Waals surface area contributed by atoms with Crippen molar-refractivity contribution in [1.82, 2.24) is 5.32 Å². The Hall–Kier alpha value is -2.81. The molecule has 27 heavy (non-hydrogen) atoms. The lowest BCUT2D eigenvalue weighted by Gasteiger charge is -2.30. The first kappa shape index (κ1) is 19.0. The zero-order chi connectivity index (χ0) is 19.7. The summed E-state index contributed by atoms with van der Waals surface area (Å²) in [6.45, 7) is 1.88. The summed E-state index contributed by atoms with van der Waals surface area (Å²) in [5.74, 6) is -0.724. The van der Waals surface area contributed by atoms with Gasteiger partial charge in [-0.25, -0.2) is 9.53 Å². The maximum Gasteiger partial charge on any atom is 0.540 e. The Morgan fingerprint density at radius 3 is 2.48 bits per heavy atom. The van der Waals surface area contributed by atoms with Gasteiger partial charge in [0.05, 0.1) is 11.6 Å². The highest BCUT2D eigenvalue weighted by molar-refractivity contribution is 5.89. The van der Waals surface area contributed by atoms with Gasteiger partial charge in [-0.15, -0.1) is 8.78 Å². The molecule has 0 bridgehead atoms. The van der Waals surface area contributed by atoms with E-state index in [-0.39, 0.29) is 11.7 Å². The minimum absolute atomic E-state index is 0.0220. The number of nitrogens with one attached hydrogen (secondary N) is 2. The van der Waals surface area contributed by atoms with E-state index in [1.807, 2.05) is 37.3 Å². The van der Waals surface area contributed by atoms with Crippen LogP contribution in [0.1, 0.15) is 30.5 Å². The lowest BCUT2D eigenvalue weighted by Crippen LogP contribution is -2.41. The first-order valence-corrected chi connectivity index (χ1v) is 8.12. The lowest BCUT2D eigenvalue weighted by molar-refractivity contribution is -0.461.